The molecule has 0 fully saturated rings. The van der Waals surface area contributed by atoms with E-state index in [1.165, 1.54) is 0 Å². The van der Waals surface area contributed by atoms with Gasteiger partial charge in [0.05, 0.1) is 36.8 Å². The van der Waals surface area contributed by atoms with Gasteiger partial charge in [0.15, 0.2) is 0 Å². The number of benzene rings is 1. The van der Waals surface area contributed by atoms with Gasteiger partial charge in [0, 0.05) is 0 Å². The van der Waals surface area contributed by atoms with Crippen molar-refractivity contribution >= 4 is 58.2 Å². The highest BCUT2D eigenvalue weighted by Crippen LogP contribution is 2.45. The molecule has 0 aliphatic carbocycles. The molecule has 8 heteroatoms. The van der Waals surface area contributed by atoms with Crippen LogP contribution in [0.25, 0.3) is 0 Å². The van der Waals surface area contributed by atoms with E-state index < -0.39 is 17.4 Å². The number of rotatable bonds is 1. The summed E-state index contributed by atoms with van der Waals surface area (Å²) in [5, 5.41) is 0.241. The predicted octanol–water partition coefficient (Wildman–Crippen LogP) is 4.63. The van der Waals surface area contributed by atoms with E-state index in [0.717, 1.165) is 0 Å². The predicted molar refractivity (Wildman–Crippen MR) is 77.8 cm³/mol. The van der Waals surface area contributed by atoms with Crippen molar-refractivity contribution < 1.29 is 14.4 Å². The summed E-state index contributed by atoms with van der Waals surface area (Å²) in [4.78, 5) is 29.8. The Balaban J connectivity index is 2.64. The van der Waals surface area contributed by atoms with Gasteiger partial charge in [-0.3, -0.25) is 14.4 Å². The lowest BCUT2D eigenvalue weighted by molar-refractivity contribution is -0.165. The van der Waals surface area contributed by atoms with Crippen LogP contribution >= 0.6 is 46.4 Å². The molecule has 0 aromatic heterocycles. The second-order valence-corrected chi connectivity index (χ2v) is 6.63. The lowest BCUT2D eigenvalue weighted by Gasteiger charge is -2.24. The van der Waals surface area contributed by atoms with E-state index >= 15 is 0 Å². The normalized spacial score (nSPS) is 15.1. The lowest BCUT2D eigenvalue weighted by Crippen LogP contribution is -2.37. The van der Waals surface area contributed by atoms with Crippen molar-refractivity contribution in [2.24, 2.45) is 0 Å². The van der Waals surface area contributed by atoms with Gasteiger partial charge in [0.1, 0.15) is 0 Å². The van der Waals surface area contributed by atoms with Gasteiger partial charge in [0.25, 0.3) is 11.8 Å². The maximum atomic E-state index is 12.3. The standard InChI is InChI=1S/C12H9Cl4NO3/c1-12(2,3)20-17-10(18)4-5(11(17)19)7(14)9(16)8(15)6(4)13/h1-3H3. The van der Waals surface area contributed by atoms with Crippen molar-refractivity contribution in [3.8, 4) is 0 Å². The van der Waals surface area contributed by atoms with Crippen LogP contribution in [-0.2, 0) is 4.84 Å². The fourth-order valence-corrected chi connectivity index (χ4v) is 2.70. The number of nitrogens with zero attached hydrogens (tertiary/aromatic N) is 1. The maximum absolute atomic E-state index is 12.3. The largest absolute Gasteiger partial charge is 0.287 e. The molecular weight excluding hydrogens is 348 g/mol. The molecular formula is C12H9Cl4NO3. The highest BCUT2D eigenvalue weighted by Gasteiger charge is 2.44. The third-order valence-corrected chi connectivity index (χ3v) is 4.23. The van der Waals surface area contributed by atoms with E-state index in [1.54, 1.807) is 20.8 Å². The first-order chi connectivity index (χ1) is 9.06. The second kappa shape index (κ2) is 5.04. The van der Waals surface area contributed by atoms with Crippen LogP contribution in [0.15, 0.2) is 0 Å². The summed E-state index contributed by atoms with van der Waals surface area (Å²) in [5.74, 6) is -1.43. The molecule has 0 radical (unpaired) electrons. The summed E-state index contributed by atoms with van der Waals surface area (Å²) in [6.45, 7) is 5.08. The summed E-state index contributed by atoms with van der Waals surface area (Å²) < 4.78 is 0. The fourth-order valence-electron chi connectivity index (χ4n) is 1.69. The second-order valence-electron chi connectivity index (χ2n) is 5.11. The Bertz CT molecular complexity index is 590. The first kappa shape index (κ1) is 15.9. The average molecular weight is 357 g/mol. The summed E-state index contributed by atoms with van der Waals surface area (Å²) in [7, 11) is 0. The van der Waals surface area contributed by atoms with Crippen molar-refractivity contribution in [1.82, 2.24) is 5.06 Å². The van der Waals surface area contributed by atoms with Crippen molar-refractivity contribution in [3.63, 3.8) is 0 Å². The summed E-state index contributed by atoms with van der Waals surface area (Å²) >= 11 is 23.7. The molecule has 0 bridgehead atoms. The highest BCUT2D eigenvalue weighted by atomic mass is 35.5. The van der Waals surface area contributed by atoms with Gasteiger partial charge in [0.2, 0.25) is 0 Å². The van der Waals surface area contributed by atoms with Gasteiger partial charge in [-0.25, -0.2) is 0 Å². The fraction of sp³-hybridized carbons (Fsp3) is 0.333. The number of imide groups is 1. The van der Waals surface area contributed by atoms with Crippen LogP contribution in [0, 0.1) is 0 Å². The minimum Gasteiger partial charge on any atom is -0.266 e. The molecule has 1 aliphatic rings. The Morgan fingerprint density at radius 2 is 1.15 bits per heavy atom. The zero-order valence-corrected chi connectivity index (χ0v) is 13.7. The molecule has 0 N–H and O–H groups in total. The number of amides is 2. The third kappa shape index (κ3) is 2.40. The van der Waals surface area contributed by atoms with E-state index in [2.05, 4.69) is 0 Å². The molecule has 1 aromatic carbocycles. The van der Waals surface area contributed by atoms with Crippen molar-refractivity contribution in [2.45, 2.75) is 26.4 Å². The number of hydrogen-bond acceptors (Lipinski definition) is 3. The lowest BCUT2D eigenvalue weighted by atomic mass is 10.1. The molecule has 108 valence electrons. The topological polar surface area (TPSA) is 46.6 Å². The molecule has 0 saturated heterocycles. The average Bonchev–Trinajstić information content (AvgIpc) is 2.57. The minimum atomic E-state index is -0.750. The molecule has 4 nitrogen and oxygen atoms in total. The van der Waals surface area contributed by atoms with Crippen LogP contribution < -0.4 is 0 Å². The van der Waals surface area contributed by atoms with Crippen LogP contribution in [-0.4, -0.2) is 22.5 Å². The smallest absolute Gasteiger partial charge is 0.266 e. The molecule has 0 unspecified atom stereocenters. The number of hydrogen-bond donors (Lipinski definition) is 0. The quantitative estimate of drug-likeness (QED) is 0.418. The first-order valence-electron chi connectivity index (χ1n) is 5.50. The van der Waals surface area contributed by atoms with E-state index in [-0.39, 0.29) is 31.2 Å². The Labute approximate surface area is 135 Å². The van der Waals surface area contributed by atoms with E-state index in [1.807, 2.05) is 0 Å². The van der Waals surface area contributed by atoms with Crippen molar-refractivity contribution in [3.05, 3.63) is 31.2 Å². The summed E-state index contributed by atoms with van der Waals surface area (Å²) in [6, 6.07) is 0. The number of fused-ring (bicyclic) bond motifs is 1. The molecule has 2 rings (SSSR count). The Morgan fingerprint density at radius 1 is 0.800 bits per heavy atom. The van der Waals surface area contributed by atoms with Crippen LogP contribution in [0.4, 0.5) is 0 Å². The Morgan fingerprint density at radius 3 is 1.45 bits per heavy atom. The number of hydroxylamine groups is 2. The van der Waals surface area contributed by atoms with E-state index in [0.29, 0.717) is 5.06 Å². The molecule has 1 heterocycles. The van der Waals surface area contributed by atoms with Gasteiger partial charge >= 0.3 is 0 Å². The van der Waals surface area contributed by atoms with Gasteiger partial charge in [-0.05, 0) is 20.8 Å². The molecule has 0 spiro atoms. The third-order valence-electron chi connectivity index (χ3n) is 2.43. The molecule has 1 aliphatic heterocycles. The van der Waals surface area contributed by atoms with Gasteiger partial charge in [-0.15, -0.1) is 5.06 Å². The Hall–Kier alpha value is -0.520. The number of halogens is 4. The number of carbonyl (C=O) groups excluding carboxylic acids is 2. The molecule has 0 atom stereocenters. The monoisotopic (exact) mass is 355 g/mol. The summed E-state index contributed by atoms with van der Waals surface area (Å²) in [6.07, 6.45) is 0. The highest BCUT2D eigenvalue weighted by molar-refractivity contribution is 6.55. The summed E-state index contributed by atoms with van der Waals surface area (Å²) in [5.41, 5.74) is -0.944. The van der Waals surface area contributed by atoms with Crippen LogP contribution in [0.3, 0.4) is 0 Å². The van der Waals surface area contributed by atoms with Crippen LogP contribution in [0.1, 0.15) is 41.5 Å². The van der Waals surface area contributed by atoms with E-state index in [4.69, 9.17) is 51.2 Å². The zero-order chi connectivity index (χ0) is 15.4. The molecule has 0 saturated carbocycles. The van der Waals surface area contributed by atoms with Crippen LogP contribution in [0.2, 0.25) is 20.1 Å². The van der Waals surface area contributed by atoms with Crippen molar-refractivity contribution in [2.75, 3.05) is 0 Å². The molecule has 1 aromatic rings. The zero-order valence-electron chi connectivity index (χ0n) is 10.7. The van der Waals surface area contributed by atoms with Crippen LogP contribution in [0.5, 0.6) is 0 Å². The molecule has 2 amide bonds. The first-order valence-corrected chi connectivity index (χ1v) is 7.01. The Kier molecular flexibility index (Phi) is 4.00. The SMILES string of the molecule is CC(C)(C)ON1C(=O)c2c(Cl)c(Cl)c(Cl)c(Cl)c2C1=O. The van der Waals surface area contributed by atoms with E-state index in [9.17, 15) is 9.59 Å². The van der Waals surface area contributed by atoms with Gasteiger partial charge < -0.3 is 0 Å². The minimum absolute atomic E-state index is 0.0733. The maximum Gasteiger partial charge on any atom is 0.287 e. The number of carbonyl (C=O) groups is 2. The molecule has 20 heavy (non-hydrogen) atoms. The van der Waals surface area contributed by atoms with Gasteiger partial charge in [-0.1, -0.05) is 46.4 Å². The van der Waals surface area contributed by atoms with Gasteiger partial charge in [-0.2, -0.15) is 0 Å². The van der Waals surface area contributed by atoms with Crippen molar-refractivity contribution in [1.29, 1.82) is 0 Å².